The fourth-order valence-corrected chi connectivity index (χ4v) is 2.52. The molecule has 1 aliphatic heterocycles. The van der Waals surface area contributed by atoms with Gasteiger partial charge < -0.3 is 10.6 Å². The number of nitrogen functional groups attached to an aromatic ring is 1. The third kappa shape index (κ3) is 2.25. The van der Waals surface area contributed by atoms with E-state index in [4.69, 9.17) is 5.73 Å². The summed E-state index contributed by atoms with van der Waals surface area (Å²) in [5.41, 5.74) is 8.19. The summed E-state index contributed by atoms with van der Waals surface area (Å²) in [6.07, 6.45) is 0.804. The lowest BCUT2D eigenvalue weighted by Crippen LogP contribution is -2.37. The molecular weight excluding hydrogens is 255 g/mol. The van der Waals surface area contributed by atoms with Gasteiger partial charge in [-0.2, -0.15) is 0 Å². The van der Waals surface area contributed by atoms with E-state index in [0.717, 1.165) is 17.5 Å². The van der Waals surface area contributed by atoms with Crippen molar-refractivity contribution in [3.63, 3.8) is 0 Å². The summed E-state index contributed by atoms with van der Waals surface area (Å²) in [6.45, 7) is 0.888. The van der Waals surface area contributed by atoms with Crippen molar-refractivity contribution in [2.45, 2.75) is 13.0 Å². The van der Waals surface area contributed by atoms with Crippen LogP contribution in [0, 0.1) is 5.82 Å². The third-order valence-corrected chi connectivity index (χ3v) is 3.62. The minimum Gasteiger partial charge on any atom is -0.399 e. The van der Waals surface area contributed by atoms with Crippen LogP contribution in [0.3, 0.4) is 0 Å². The molecule has 0 spiro atoms. The van der Waals surface area contributed by atoms with Gasteiger partial charge in [-0.25, -0.2) is 4.39 Å². The number of carbonyl (C=O) groups is 1. The first-order chi connectivity index (χ1) is 9.65. The second-order valence-electron chi connectivity index (χ2n) is 4.98. The number of nitrogens with zero attached hydrogens (tertiary/aromatic N) is 1. The molecule has 0 fully saturated rings. The molecule has 0 aliphatic carbocycles. The lowest BCUT2D eigenvalue weighted by atomic mass is 9.98. The number of halogens is 1. The van der Waals surface area contributed by atoms with E-state index >= 15 is 0 Å². The minimum absolute atomic E-state index is 0.0388. The zero-order chi connectivity index (χ0) is 14.1. The van der Waals surface area contributed by atoms with Gasteiger partial charge >= 0.3 is 0 Å². The Kier molecular flexibility index (Phi) is 3.14. The predicted octanol–water partition coefficient (Wildman–Crippen LogP) is 2.61. The molecule has 1 amide bonds. The maximum absolute atomic E-state index is 13.8. The molecule has 0 saturated heterocycles. The molecule has 2 aromatic carbocycles. The summed E-state index contributed by atoms with van der Waals surface area (Å²) in [5, 5.41) is 0. The maximum atomic E-state index is 13.8. The molecule has 102 valence electrons. The third-order valence-electron chi connectivity index (χ3n) is 3.62. The number of rotatable bonds is 2. The maximum Gasteiger partial charge on any atom is 0.254 e. The first-order valence-electron chi connectivity index (χ1n) is 6.56. The Morgan fingerprint density at radius 3 is 2.80 bits per heavy atom. The number of hydrogen-bond acceptors (Lipinski definition) is 2. The van der Waals surface area contributed by atoms with E-state index in [9.17, 15) is 9.18 Å². The Bertz CT molecular complexity index is 669. The van der Waals surface area contributed by atoms with Crippen molar-refractivity contribution in [3.8, 4) is 0 Å². The van der Waals surface area contributed by atoms with Crippen LogP contribution in [0.2, 0.25) is 0 Å². The Balaban J connectivity index is 1.85. The van der Waals surface area contributed by atoms with Gasteiger partial charge in [0.15, 0.2) is 0 Å². The molecule has 3 rings (SSSR count). The van der Waals surface area contributed by atoms with E-state index in [-0.39, 0.29) is 18.3 Å². The van der Waals surface area contributed by atoms with E-state index in [1.165, 1.54) is 6.07 Å². The van der Waals surface area contributed by atoms with Gasteiger partial charge in [-0.1, -0.05) is 24.3 Å². The fourth-order valence-electron chi connectivity index (χ4n) is 2.52. The molecule has 0 bridgehead atoms. The Hall–Kier alpha value is -2.36. The first kappa shape index (κ1) is 12.7. The molecule has 4 heteroatoms. The highest BCUT2D eigenvalue weighted by Crippen LogP contribution is 2.21. The Morgan fingerprint density at radius 2 is 2.00 bits per heavy atom. The van der Waals surface area contributed by atoms with Gasteiger partial charge in [-0.05, 0) is 30.2 Å². The quantitative estimate of drug-likeness (QED) is 0.853. The van der Waals surface area contributed by atoms with Crippen LogP contribution >= 0.6 is 0 Å². The van der Waals surface area contributed by atoms with Crippen LogP contribution in [0.15, 0.2) is 42.5 Å². The van der Waals surface area contributed by atoms with Crippen LogP contribution in [-0.4, -0.2) is 17.4 Å². The summed E-state index contributed by atoms with van der Waals surface area (Å²) in [5.74, 6) is -0.403. The van der Waals surface area contributed by atoms with Crippen LogP contribution < -0.4 is 5.73 Å². The van der Waals surface area contributed by atoms with E-state index in [2.05, 4.69) is 0 Å². The molecule has 20 heavy (non-hydrogen) atoms. The van der Waals surface area contributed by atoms with Crippen LogP contribution in [0.25, 0.3) is 0 Å². The van der Waals surface area contributed by atoms with E-state index in [1.807, 2.05) is 24.3 Å². The number of carbonyl (C=O) groups excluding carboxylic acids is 1. The van der Waals surface area contributed by atoms with Crippen molar-refractivity contribution < 1.29 is 9.18 Å². The lowest BCUT2D eigenvalue weighted by Gasteiger charge is -2.28. The molecule has 0 radical (unpaired) electrons. The van der Waals surface area contributed by atoms with Gasteiger partial charge in [-0.15, -0.1) is 0 Å². The highest BCUT2D eigenvalue weighted by molar-refractivity contribution is 5.96. The van der Waals surface area contributed by atoms with Crippen molar-refractivity contribution in [3.05, 3.63) is 65.0 Å². The first-order valence-corrected chi connectivity index (χ1v) is 6.56. The average molecular weight is 270 g/mol. The van der Waals surface area contributed by atoms with E-state index < -0.39 is 0 Å². The van der Waals surface area contributed by atoms with Gasteiger partial charge in [0.2, 0.25) is 0 Å². The molecule has 1 heterocycles. The number of hydrogen-bond donors (Lipinski definition) is 1. The van der Waals surface area contributed by atoms with Crippen LogP contribution in [0.1, 0.15) is 21.5 Å². The number of nitrogens with two attached hydrogens (primary N) is 1. The van der Waals surface area contributed by atoms with E-state index in [1.54, 1.807) is 17.0 Å². The monoisotopic (exact) mass is 270 g/mol. The van der Waals surface area contributed by atoms with Crippen LogP contribution in [0.5, 0.6) is 0 Å². The fraction of sp³-hybridized carbons (Fsp3) is 0.188. The molecule has 0 aromatic heterocycles. The second-order valence-corrected chi connectivity index (χ2v) is 4.98. The summed E-state index contributed by atoms with van der Waals surface area (Å²) >= 11 is 0. The molecule has 0 saturated carbocycles. The van der Waals surface area contributed by atoms with Gasteiger partial charge in [-0.3, -0.25) is 4.79 Å². The van der Waals surface area contributed by atoms with Gasteiger partial charge in [0.25, 0.3) is 5.91 Å². The number of amides is 1. The molecule has 2 aromatic rings. The van der Waals surface area contributed by atoms with Crippen molar-refractivity contribution in [1.29, 1.82) is 0 Å². The lowest BCUT2D eigenvalue weighted by molar-refractivity contribution is 0.0725. The molecule has 3 nitrogen and oxygen atoms in total. The summed E-state index contributed by atoms with van der Waals surface area (Å²) < 4.78 is 13.8. The SMILES string of the molecule is Nc1ccc(CN2CCc3ccccc3C2=O)c(F)c1. The standard InChI is InChI=1S/C16H15FN2O/c17-15-9-13(18)6-5-12(15)10-19-8-7-11-3-1-2-4-14(11)16(19)20/h1-6,9H,7-8,10,18H2. The largest absolute Gasteiger partial charge is 0.399 e. The van der Waals surface area contributed by atoms with Crippen molar-refractivity contribution in [2.24, 2.45) is 0 Å². The second kappa shape index (κ2) is 4.96. The Morgan fingerprint density at radius 1 is 1.20 bits per heavy atom. The zero-order valence-electron chi connectivity index (χ0n) is 11.0. The summed E-state index contributed by atoms with van der Waals surface area (Å²) in [7, 11) is 0. The van der Waals surface area contributed by atoms with Crippen molar-refractivity contribution in [1.82, 2.24) is 4.90 Å². The average Bonchev–Trinajstić information content (AvgIpc) is 2.45. The van der Waals surface area contributed by atoms with Crippen molar-refractivity contribution in [2.75, 3.05) is 12.3 Å². The van der Waals surface area contributed by atoms with Gasteiger partial charge in [0.05, 0.1) is 0 Å². The zero-order valence-corrected chi connectivity index (χ0v) is 11.0. The number of benzene rings is 2. The highest BCUT2D eigenvalue weighted by Gasteiger charge is 2.24. The number of anilines is 1. The van der Waals surface area contributed by atoms with Gasteiger partial charge in [0.1, 0.15) is 5.82 Å². The summed E-state index contributed by atoms with van der Waals surface area (Å²) in [6, 6.07) is 12.2. The normalized spacial score (nSPS) is 14.2. The number of fused-ring (bicyclic) bond motifs is 1. The highest BCUT2D eigenvalue weighted by atomic mass is 19.1. The van der Waals surface area contributed by atoms with E-state index in [0.29, 0.717) is 17.8 Å². The van der Waals surface area contributed by atoms with Crippen molar-refractivity contribution >= 4 is 11.6 Å². The topological polar surface area (TPSA) is 46.3 Å². The predicted molar refractivity (Wildman–Crippen MR) is 75.7 cm³/mol. The smallest absolute Gasteiger partial charge is 0.254 e. The van der Waals surface area contributed by atoms with Crippen LogP contribution in [-0.2, 0) is 13.0 Å². The molecular formula is C16H15FN2O. The van der Waals surface area contributed by atoms with Crippen LogP contribution in [0.4, 0.5) is 10.1 Å². The molecule has 2 N–H and O–H groups in total. The minimum atomic E-state index is -0.364. The molecule has 0 atom stereocenters. The van der Waals surface area contributed by atoms with Gasteiger partial charge in [0, 0.05) is 29.9 Å². The summed E-state index contributed by atoms with van der Waals surface area (Å²) in [4.78, 5) is 14.1. The molecule has 0 unspecified atom stereocenters. The Labute approximate surface area is 116 Å². The molecule has 1 aliphatic rings.